The van der Waals surface area contributed by atoms with Crippen molar-refractivity contribution in [3.63, 3.8) is 0 Å². The van der Waals surface area contributed by atoms with Crippen LogP contribution < -0.4 is 4.74 Å². The van der Waals surface area contributed by atoms with Crippen molar-refractivity contribution in [2.75, 3.05) is 6.61 Å². The number of ether oxygens (including phenoxy) is 1. The largest absolute Gasteiger partial charge is 0.490 e. The molecular formula is C15H15ClO2. The van der Waals surface area contributed by atoms with Crippen LogP contribution in [0, 0.1) is 0 Å². The van der Waals surface area contributed by atoms with Crippen LogP contribution >= 0.6 is 11.6 Å². The van der Waals surface area contributed by atoms with Crippen molar-refractivity contribution in [2.24, 2.45) is 0 Å². The lowest BCUT2D eigenvalue weighted by Crippen LogP contribution is -2.29. The van der Waals surface area contributed by atoms with Gasteiger partial charge in [-0.05, 0) is 36.8 Å². The van der Waals surface area contributed by atoms with Gasteiger partial charge in [-0.2, -0.15) is 0 Å². The molecule has 0 aromatic heterocycles. The van der Waals surface area contributed by atoms with Gasteiger partial charge in [-0.15, -0.1) is 0 Å². The normalized spacial score (nSPS) is 13.9. The Hall–Kier alpha value is -1.51. The predicted molar refractivity (Wildman–Crippen MR) is 73.0 cm³/mol. The minimum atomic E-state index is -1.01. The van der Waals surface area contributed by atoms with Crippen molar-refractivity contribution >= 4 is 11.6 Å². The first-order chi connectivity index (χ1) is 8.58. The molecule has 0 aliphatic carbocycles. The summed E-state index contributed by atoms with van der Waals surface area (Å²) in [6, 6.07) is 16.5. The smallest absolute Gasteiger partial charge is 0.121 e. The second-order valence-corrected chi connectivity index (χ2v) is 4.82. The zero-order valence-corrected chi connectivity index (χ0v) is 10.9. The van der Waals surface area contributed by atoms with Crippen molar-refractivity contribution in [3.05, 3.63) is 65.2 Å². The fourth-order valence-corrected chi connectivity index (χ4v) is 1.76. The van der Waals surface area contributed by atoms with Crippen LogP contribution in [-0.4, -0.2) is 11.7 Å². The Morgan fingerprint density at radius 2 is 1.67 bits per heavy atom. The third kappa shape index (κ3) is 3.25. The standard InChI is InChI=1S/C15H15ClO2/c1-15(17,12-5-3-2-4-6-12)11-18-14-9-7-13(16)8-10-14/h2-10,17H,11H2,1H3. The molecule has 0 amide bonds. The maximum Gasteiger partial charge on any atom is 0.121 e. The molecule has 18 heavy (non-hydrogen) atoms. The Morgan fingerprint density at radius 1 is 1.06 bits per heavy atom. The second kappa shape index (κ2) is 5.42. The van der Waals surface area contributed by atoms with E-state index in [1.54, 1.807) is 31.2 Å². The van der Waals surface area contributed by atoms with Crippen LogP contribution in [0.15, 0.2) is 54.6 Å². The fourth-order valence-electron chi connectivity index (χ4n) is 1.64. The summed E-state index contributed by atoms with van der Waals surface area (Å²) >= 11 is 5.79. The van der Waals surface area contributed by atoms with E-state index < -0.39 is 5.60 Å². The van der Waals surface area contributed by atoms with Crippen LogP contribution in [0.1, 0.15) is 12.5 Å². The Bertz CT molecular complexity index is 492. The van der Waals surface area contributed by atoms with E-state index >= 15 is 0 Å². The van der Waals surface area contributed by atoms with E-state index in [2.05, 4.69) is 0 Å². The molecule has 2 aromatic rings. The molecule has 0 bridgehead atoms. The second-order valence-electron chi connectivity index (χ2n) is 4.38. The molecule has 0 spiro atoms. The van der Waals surface area contributed by atoms with Gasteiger partial charge in [0.05, 0.1) is 0 Å². The predicted octanol–water partition coefficient (Wildman–Crippen LogP) is 3.63. The molecule has 1 atom stereocenters. The van der Waals surface area contributed by atoms with Crippen LogP contribution in [0.25, 0.3) is 0 Å². The minimum Gasteiger partial charge on any atom is -0.490 e. The summed E-state index contributed by atoms with van der Waals surface area (Å²) in [6.45, 7) is 1.93. The maximum absolute atomic E-state index is 10.4. The van der Waals surface area contributed by atoms with Crippen molar-refractivity contribution in [2.45, 2.75) is 12.5 Å². The monoisotopic (exact) mass is 262 g/mol. The average molecular weight is 263 g/mol. The first-order valence-electron chi connectivity index (χ1n) is 5.74. The molecule has 2 rings (SSSR count). The molecule has 2 aromatic carbocycles. The molecule has 0 saturated heterocycles. The number of hydrogen-bond donors (Lipinski definition) is 1. The first kappa shape index (κ1) is 12.9. The summed E-state index contributed by atoms with van der Waals surface area (Å²) in [5.74, 6) is 0.690. The zero-order chi connectivity index (χ0) is 13.0. The quantitative estimate of drug-likeness (QED) is 0.912. The maximum atomic E-state index is 10.4. The first-order valence-corrected chi connectivity index (χ1v) is 6.12. The Morgan fingerprint density at radius 3 is 2.28 bits per heavy atom. The topological polar surface area (TPSA) is 29.5 Å². The van der Waals surface area contributed by atoms with E-state index in [-0.39, 0.29) is 6.61 Å². The molecule has 1 N–H and O–H groups in total. The van der Waals surface area contributed by atoms with E-state index in [0.717, 1.165) is 5.56 Å². The molecule has 0 aliphatic rings. The molecule has 0 radical (unpaired) electrons. The third-order valence-electron chi connectivity index (χ3n) is 2.73. The summed E-state index contributed by atoms with van der Waals surface area (Å²) in [6.07, 6.45) is 0. The van der Waals surface area contributed by atoms with E-state index in [1.807, 2.05) is 30.3 Å². The summed E-state index contributed by atoms with van der Waals surface area (Å²) in [7, 11) is 0. The summed E-state index contributed by atoms with van der Waals surface area (Å²) in [4.78, 5) is 0. The van der Waals surface area contributed by atoms with Gasteiger partial charge in [0, 0.05) is 5.02 Å². The van der Waals surface area contributed by atoms with Crippen molar-refractivity contribution in [1.29, 1.82) is 0 Å². The number of benzene rings is 2. The molecule has 0 heterocycles. The molecule has 0 aliphatic heterocycles. The zero-order valence-electron chi connectivity index (χ0n) is 10.1. The van der Waals surface area contributed by atoms with Gasteiger partial charge in [-0.3, -0.25) is 0 Å². The number of halogens is 1. The van der Waals surface area contributed by atoms with Crippen molar-refractivity contribution in [1.82, 2.24) is 0 Å². The fraction of sp³-hybridized carbons (Fsp3) is 0.200. The Kier molecular flexibility index (Phi) is 3.90. The molecule has 1 unspecified atom stereocenters. The van der Waals surface area contributed by atoms with Gasteiger partial charge in [0.2, 0.25) is 0 Å². The SMILES string of the molecule is CC(O)(COc1ccc(Cl)cc1)c1ccccc1. The molecule has 94 valence electrons. The van der Waals surface area contributed by atoms with Gasteiger partial charge in [0.25, 0.3) is 0 Å². The summed E-state index contributed by atoms with van der Waals surface area (Å²) in [5, 5.41) is 11.0. The molecule has 0 saturated carbocycles. The van der Waals surface area contributed by atoms with Crippen LogP contribution in [0.3, 0.4) is 0 Å². The average Bonchev–Trinajstić information content (AvgIpc) is 2.39. The highest BCUT2D eigenvalue weighted by Gasteiger charge is 2.23. The number of hydrogen-bond acceptors (Lipinski definition) is 2. The molecule has 0 fully saturated rings. The van der Waals surface area contributed by atoms with Gasteiger partial charge in [0.15, 0.2) is 0 Å². The van der Waals surface area contributed by atoms with Crippen LogP contribution in [-0.2, 0) is 5.60 Å². The lowest BCUT2D eigenvalue weighted by Gasteiger charge is -2.24. The van der Waals surface area contributed by atoms with E-state index in [1.165, 1.54) is 0 Å². The lowest BCUT2D eigenvalue weighted by molar-refractivity contribution is 0.00760. The molecule has 2 nitrogen and oxygen atoms in total. The highest BCUT2D eigenvalue weighted by Crippen LogP contribution is 2.22. The van der Waals surface area contributed by atoms with Gasteiger partial charge >= 0.3 is 0 Å². The molecular weight excluding hydrogens is 248 g/mol. The molecule has 3 heteroatoms. The van der Waals surface area contributed by atoms with Crippen LogP contribution in [0.5, 0.6) is 5.75 Å². The third-order valence-corrected chi connectivity index (χ3v) is 2.98. The highest BCUT2D eigenvalue weighted by atomic mass is 35.5. The summed E-state index contributed by atoms with van der Waals surface area (Å²) < 4.78 is 5.57. The van der Waals surface area contributed by atoms with E-state index in [0.29, 0.717) is 10.8 Å². The van der Waals surface area contributed by atoms with Crippen molar-refractivity contribution < 1.29 is 9.84 Å². The minimum absolute atomic E-state index is 0.193. The Labute approximate surface area is 112 Å². The van der Waals surface area contributed by atoms with Crippen LogP contribution in [0.4, 0.5) is 0 Å². The van der Waals surface area contributed by atoms with Gasteiger partial charge in [0.1, 0.15) is 18.0 Å². The summed E-state index contributed by atoms with van der Waals surface area (Å²) in [5.41, 5.74) is -0.181. The van der Waals surface area contributed by atoms with Gasteiger partial charge in [-0.1, -0.05) is 41.9 Å². The lowest BCUT2D eigenvalue weighted by atomic mass is 9.97. The van der Waals surface area contributed by atoms with E-state index in [9.17, 15) is 5.11 Å². The van der Waals surface area contributed by atoms with Crippen molar-refractivity contribution in [3.8, 4) is 5.75 Å². The van der Waals surface area contributed by atoms with Gasteiger partial charge < -0.3 is 9.84 Å². The number of rotatable bonds is 4. The van der Waals surface area contributed by atoms with Crippen LogP contribution in [0.2, 0.25) is 5.02 Å². The highest BCUT2D eigenvalue weighted by molar-refractivity contribution is 6.30. The van der Waals surface area contributed by atoms with Gasteiger partial charge in [-0.25, -0.2) is 0 Å². The van der Waals surface area contributed by atoms with E-state index in [4.69, 9.17) is 16.3 Å². The number of aliphatic hydroxyl groups is 1. The Balaban J connectivity index is 2.03.